The van der Waals surface area contributed by atoms with Gasteiger partial charge in [-0.2, -0.15) is 0 Å². The summed E-state index contributed by atoms with van der Waals surface area (Å²) in [6, 6.07) is 8.81. The van der Waals surface area contributed by atoms with Gasteiger partial charge in [-0.05, 0) is 37.0 Å². The molecule has 1 aliphatic heterocycles. The van der Waals surface area contributed by atoms with E-state index in [-0.39, 0.29) is 17.6 Å². The van der Waals surface area contributed by atoms with E-state index in [1.807, 2.05) is 4.90 Å². The molecule has 1 aliphatic rings. The van der Waals surface area contributed by atoms with Gasteiger partial charge < -0.3 is 15.2 Å². The number of fused-ring (bicyclic) bond motifs is 1. The number of carbonyl (C=O) groups is 1. The average Bonchev–Trinajstić information content (AvgIpc) is 3.26. The van der Waals surface area contributed by atoms with Crippen LogP contribution >= 0.6 is 23.2 Å². The number of likely N-dealkylation sites (tertiary alicyclic amines) is 1. The summed E-state index contributed by atoms with van der Waals surface area (Å²) in [6.07, 6.45) is 6.21. The van der Waals surface area contributed by atoms with Crippen LogP contribution in [0.2, 0.25) is 10.0 Å². The number of halogens is 3. The molecule has 174 valence electrons. The van der Waals surface area contributed by atoms with Crippen LogP contribution in [-0.2, 0) is 0 Å². The molecule has 34 heavy (non-hydrogen) atoms. The zero-order valence-corrected chi connectivity index (χ0v) is 19.6. The van der Waals surface area contributed by atoms with Gasteiger partial charge in [0.1, 0.15) is 5.65 Å². The number of aromatic nitrogens is 4. The lowest BCUT2D eigenvalue weighted by Crippen LogP contribution is -2.42. The van der Waals surface area contributed by atoms with E-state index < -0.39 is 5.82 Å². The number of carbonyl (C=O) groups excluding carboxylic acids is 1. The van der Waals surface area contributed by atoms with Crippen LogP contribution in [0.25, 0.3) is 22.4 Å². The molecule has 5 rings (SSSR count). The molecule has 1 aromatic carbocycles. The highest BCUT2D eigenvalue weighted by atomic mass is 35.5. The molecule has 1 fully saturated rings. The van der Waals surface area contributed by atoms with E-state index in [4.69, 9.17) is 23.2 Å². The highest BCUT2D eigenvalue weighted by Gasteiger charge is 2.26. The second-order valence-electron chi connectivity index (χ2n) is 8.26. The Hall–Kier alpha value is -3.23. The Labute approximate surface area is 205 Å². The normalized spacial score (nSPS) is 16.1. The average molecular weight is 499 g/mol. The number of H-pyrrole nitrogens is 1. The van der Waals surface area contributed by atoms with Gasteiger partial charge in [0.25, 0.3) is 5.91 Å². The van der Waals surface area contributed by atoms with Crippen molar-refractivity contribution in [2.75, 3.05) is 25.0 Å². The fraction of sp³-hybridized carbons (Fsp3) is 0.250. The molecule has 1 atom stereocenters. The van der Waals surface area contributed by atoms with Crippen LogP contribution in [0.1, 0.15) is 23.2 Å². The van der Waals surface area contributed by atoms with E-state index in [9.17, 15) is 9.18 Å². The van der Waals surface area contributed by atoms with Crippen LogP contribution in [0, 0.1) is 11.7 Å². The van der Waals surface area contributed by atoms with Crippen molar-refractivity contribution in [1.82, 2.24) is 24.8 Å². The third kappa shape index (κ3) is 4.56. The Morgan fingerprint density at radius 1 is 1.24 bits per heavy atom. The molecule has 0 radical (unpaired) electrons. The van der Waals surface area contributed by atoms with Gasteiger partial charge in [0.05, 0.1) is 21.8 Å². The quantitative estimate of drug-likeness (QED) is 0.383. The van der Waals surface area contributed by atoms with E-state index >= 15 is 0 Å². The first-order valence-electron chi connectivity index (χ1n) is 10.9. The lowest BCUT2D eigenvalue weighted by Gasteiger charge is -2.33. The minimum absolute atomic E-state index is 0.0857. The smallest absolute Gasteiger partial charge is 0.255 e. The highest BCUT2D eigenvalue weighted by molar-refractivity contribution is 6.33. The summed E-state index contributed by atoms with van der Waals surface area (Å²) in [5, 5.41) is 4.80. The highest BCUT2D eigenvalue weighted by Crippen LogP contribution is 2.28. The van der Waals surface area contributed by atoms with Gasteiger partial charge in [0, 0.05) is 43.0 Å². The van der Waals surface area contributed by atoms with Crippen LogP contribution in [-0.4, -0.2) is 50.4 Å². The first-order chi connectivity index (χ1) is 16.5. The number of amides is 1. The number of rotatable bonds is 5. The minimum Gasteiger partial charge on any atom is -0.367 e. The lowest BCUT2D eigenvalue weighted by molar-refractivity contribution is 0.0680. The van der Waals surface area contributed by atoms with E-state index in [2.05, 4.69) is 25.3 Å². The number of anilines is 1. The summed E-state index contributed by atoms with van der Waals surface area (Å²) in [5.74, 6) is -0.00617. The van der Waals surface area contributed by atoms with E-state index in [0.29, 0.717) is 52.3 Å². The predicted octanol–water partition coefficient (Wildman–Crippen LogP) is 5.43. The van der Waals surface area contributed by atoms with Crippen LogP contribution in [0.4, 0.5) is 10.2 Å². The maximum absolute atomic E-state index is 14.5. The Morgan fingerprint density at radius 2 is 2.09 bits per heavy atom. The first-order valence-corrected chi connectivity index (χ1v) is 11.7. The molecule has 2 N–H and O–H groups in total. The van der Waals surface area contributed by atoms with Gasteiger partial charge >= 0.3 is 0 Å². The van der Waals surface area contributed by atoms with Crippen molar-refractivity contribution in [2.45, 2.75) is 12.8 Å². The molecule has 1 amide bonds. The number of hydrogen-bond donors (Lipinski definition) is 2. The number of nitrogens with zero attached hydrogens (tertiary/aromatic N) is 4. The maximum atomic E-state index is 14.5. The Kier molecular flexibility index (Phi) is 6.34. The molecule has 0 spiro atoms. The maximum Gasteiger partial charge on any atom is 0.255 e. The monoisotopic (exact) mass is 498 g/mol. The second kappa shape index (κ2) is 9.56. The van der Waals surface area contributed by atoms with Crippen molar-refractivity contribution in [3.05, 3.63) is 70.3 Å². The number of hydrogen-bond acceptors (Lipinski definition) is 5. The molecular formula is C24H21Cl2FN6O. The van der Waals surface area contributed by atoms with Gasteiger partial charge in [-0.25, -0.2) is 19.3 Å². The summed E-state index contributed by atoms with van der Waals surface area (Å²) in [4.78, 5) is 30.6. The molecule has 0 bridgehead atoms. The third-order valence-electron chi connectivity index (χ3n) is 5.95. The second-order valence-corrected chi connectivity index (χ2v) is 9.11. The van der Waals surface area contributed by atoms with Crippen molar-refractivity contribution in [1.29, 1.82) is 0 Å². The van der Waals surface area contributed by atoms with Gasteiger partial charge in [-0.15, -0.1) is 0 Å². The minimum atomic E-state index is -0.542. The fourth-order valence-corrected chi connectivity index (χ4v) is 4.62. The van der Waals surface area contributed by atoms with Gasteiger partial charge in [-0.3, -0.25) is 4.79 Å². The Balaban J connectivity index is 1.30. The zero-order valence-electron chi connectivity index (χ0n) is 18.1. The third-order valence-corrected chi connectivity index (χ3v) is 6.49. The first kappa shape index (κ1) is 22.6. The van der Waals surface area contributed by atoms with E-state index in [1.165, 1.54) is 0 Å². The summed E-state index contributed by atoms with van der Waals surface area (Å²) in [6.45, 7) is 1.70. The van der Waals surface area contributed by atoms with Crippen LogP contribution < -0.4 is 5.32 Å². The molecule has 0 unspecified atom stereocenters. The summed E-state index contributed by atoms with van der Waals surface area (Å²) in [7, 11) is 0. The number of nitrogens with one attached hydrogen (secondary N) is 2. The van der Waals surface area contributed by atoms with Crippen LogP contribution in [0.3, 0.4) is 0 Å². The molecule has 1 saturated heterocycles. The fourth-order valence-electron chi connectivity index (χ4n) is 4.25. The van der Waals surface area contributed by atoms with Gasteiger partial charge in [-0.1, -0.05) is 35.3 Å². The van der Waals surface area contributed by atoms with Crippen molar-refractivity contribution in [3.8, 4) is 11.4 Å². The number of benzene rings is 1. The van der Waals surface area contributed by atoms with Crippen molar-refractivity contribution >= 4 is 46.0 Å². The standard InChI is InChI=1S/C24H21Cl2FN6O/c25-15-8-17-18(11-30-21(17)29-10-15)22-31-12-20(27)23(32-22)28-9-14-4-3-7-33(13-14)24(34)16-5-1-2-6-19(16)26/h1-2,5-6,8,10-12,14H,3-4,7,9,13H2,(H,29,30)(H,28,31,32)/t14-/m1/s1. The lowest BCUT2D eigenvalue weighted by atomic mass is 9.97. The summed E-state index contributed by atoms with van der Waals surface area (Å²) < 4.78 is 14.5. The Morgan fingerprint density at radius 3 is 2.94 bits per heavy atom. The molecule has 7 nitrogen and oxygen atoms in total. The van der Waals surface area contributed by atoms with E-state index in [1.54, 1.807) is 42.7 Å². The van der Waals surface area contributed by atoms with Crippen LogP contribution in [0.15, 0.2) is 48.9 Å². The molecule has 0 saturated carbocycles. The van der Waals surface area contributed by atoms with Gasteiger partial charge in [0.2, 0.25) is 0 Å². The molecular weight excluding hydrogens is 478 g/mol. The molecule has 4 heterocycles. The molecule has 10 heteroatoms. The van der Waals surface area contributed by atoms with Crippen molar-refractivity contribution in [3.63, 3.8) is 0 Å². The molecule has 0 aliphatic carbocycles. The number of piperidine rings is 1. The number of pyridine rings is 1. The SMILES string of the molecule is O=C(c1ccccc1Cl)N1CCC[C@H](CNc2nc(-c3c[nH]c4ncc(Cl)cc34)ncc2F)C1. The topological polar surface area (TPSA) is 86.8 Å². The zero-order chi connectivity index (χ0) is 23.7. The van der Waals surface area contributed by atoms with Crippen molar-refractivity contribution in [2.24, 2.45) is 5.92 Å². The molecule has 4 aromatic rings. The van der Waals surface area contributed by atoms with E-state index in [0.717, 1.165) is 24.4 Å². The summed E-state index contributed by atoms with van der Waals surface area (Å²) >= 11 is 12.3. The predicted molar refractivity (Wildman–Crippen MR) is 131 cm³/mol. The molecule has 3 aromatic heterocycles. The number of aromatic amines is 1. The van der Waals surface area contributed by atoms with Crippen LogP contribution in [0.5, 0.6) is 0 Å². The largest absolute Gasteiger partial charge is 0.367 e. The van der Waals surface area contributed by atoms with Gasteiger partial charge in [0.15, 0.2) is 17.5 Å². The summed E-state index contributed by atoms with van der Waals surface area (Å²) in [5.41, 5.74) is 1.83. The Bertz CT molecular complexity index is 1360. The van der Waals surface area contributed by atoms with Crippen molar-refractivity contribution < 1.29 is 9.18 Å².